The van der Waals surface area contributed by atoms with Crippen molar-refractivity contribution in [3.8, 4) is 6.07 Å². The fourth-order valence-corrected chi connectivity index (χ4v) is 9.38. The zero-order valence-corrected chi connectivity index (χ0v) is 84.7. The van der Waals surface area contributed by atoms with Crippen LogP contribution in [0.25, 0.3) is 32.3 Å². The standard InChI is InChI=1S/C10H12N.C9H11N2.2C9H10N.C8H8N.C7H6N.C3H5N.C3H8.6C2H6.2CHF3O3S.2Ag.6W/c1-3-9-7-5-6-8-10(9)11-4-2;1-2-8-5-3-4-6-9(8)11-7-10;1-3-8-6-4-5-7-9(8)10-2;1-3-10-9-7-5-4-6-8(9)2;1-7-5-3-4-6-8(7)9-2;1-6-4-2-3-5-7(6)8;1-2-3-4;1-3-2;6*1-2;2*2-1(3,4)8(5,6)7;;;;;;;;/h5-8H,4H2,1-2H3;3-6H,7,10H2,1H3;4-7H,1-2H3;2,4-7H,3H2,1H3;1,3-6H,2H3;1-5,8H;2H2,1H3;3H2,1-2H3;6*1-2H3;2*(H,5,6,7);;;;;;;;/q6*-1;;;;;;;;;;;;;;;;;;. The van der Waals surface area contributed by atoms with Crippen molar-refractivity contribution < 1.29 is 213 Å². The summed E-state index contributed by atoms with van der Waals surface area (Å²) >= 11 is 8.83. The van der Waals surface area contributed by atoms with Crippen LogP contribution in [0.1, 0.15) is 185 Å². The number of hydrogen-bond donors (Lipinski definition) is 3. The number of halogens is 6. The van der Waals surface area contributed by atoms with E-state index in [2.05, 4.69) is 138 Å². The van der Waals surface area contributed by atoms with Crippen LogP contribution in [0.15, 0.2) is 146 Å². The van der Waals surface area contributed by atoms with E-state index in [1.54, 1.807) is 6.07 Å². The van der Waals surface area contributed by atoms with E-state index in [-0.39, 0.29) is 44.8 Å². The molecule has 590 valence electrons. The van der Waals surface area contributed by atoms with Crippen LogP contribution in [-0.2, 0) is 181 Å². The summed E-state index contributed by atoms with van der Waals surface area (Å²) in [5.74, 6) is 0. The third-order valence-electron chi connectivity index (χ3n) is 9.21. The van der Waals surface area contributed by atoms with Crippen LogP contribution < -0.4 is 5.73 Å². The van der Waals surface area contributed by atoms with Crippen molar-refractivity contribution in [2.45, 2.75) is 162 Å². The molecule has 0 aliphatic carbocycles. The van der Waals surface area contributed by atoms with Gasteiger partial charge in [-0.05, 0) is 0 Å². The van der Waals surface area contributed by atoms with Crippen LogP contribution in [0.5, 0.6) is 0 Å². The first-order valence-electron chi connectivity index (χ1n) is 31.7. The minimum absolute atomic E-state index is 0. The maximum atomic E-state index is 10.7. The van der Waals surface area contributed by atoms with Gasteiger partial charge in [-0.1, -0.05) is 110 Å². The quantitative estimate of drug-likeness (QED) is 0.0408. The Bertz CT molecular complexity index is 3210. The Labute approximate surface area is 708 Å². The number of nitrogens with zero attached hydrogens (tertiary/aromatic N) is 6. The molecule has 6 rings (SSSR count). The van der Waals surface area contributed by atoms with Crippen molar-refractivity contribution >= 4 is 79.3 Å². The van der Waals surface area contributed by atoms with Crippen LogP contribution in [0.3, 0.4) is 0 Å². The Hall–Kier alpha value is -2.20. The van der Waals surface area contributed by atoms with Crippen molar-refractivity contribution in [1.29, 1.82) is 5.26 Å². The van der Waals surface area contributed by atoms with Gasteiger partial charge >= 0.3 is 492 Å². The first kappa shape index (κ1) is 126. The zero-order chi connectivity index (χ0) is 80.5. The summed E-state index contributed by atoms with van der Waals surface area (Å²) < 4.78 is 126. The van der Waals surface area contributed by atoms with Gasteiger partial charge in [0.15, 0.2) is 0 Å². The summed E-state index contributed by atoms with van der Waals surface area (Å²) in [6.45, 7) is 42.7. The molecule has 0 unspecified atom stereocenters. The second kappa shape index (κ2) is 86.0. The Morgan fingerprint density at radius 2 is 0.676 bits per heavy atom. The van der Waals surface area contributed by atoms with E-state index in [0.29, 0.717) is 18.8 Å². The van der Waals surface area contributed by atoms with Gasteiger partial charge in [0, 0.05) is 51.2 Å². The number of nitriles is 1. The molecule has 2 radical (unpaired) electrons. The maximum absolute atomic E-state index is 10.7. The Balaban J connectivity index is -0.0000000876. The van der Waals surface area contributed by atoms with Gasteiger partial charge in [0.2, 0.25) is 0 Å². The van der Waals surface area contributed by atoms with Gasteiger partial charge in [0.1, 0.15) is 0 Å². The van der Waals surface area contributed by atoms with Gasteiger partial charge in [-0.2, -0.15) is 48.4 Å². The fraction of sp³-hybridized carbons (Fsp3) is 0.403. The Morgan fingerprint density at radius 3 is 0.892 bits per heavy atom. The molecule has 14 nitrogen and oxygen atoms in total. The molecule has 6 aromatic rings. The summed E-state index contributed by atoms with van der Waals surface area (Å²) in [4.78, 5) is 0. The van der Waals surface area contributed by atoms with E-state index in [0.717, 1.165) is 47.1 Å². The molecule has 30 heteroatoms. The minimum atomic E-state index is -5.84. The third-order valence-corrected chi connectivity index (χ3v) is 15.5. The monoisotopic (exact) mass is 2680 g/mol. The molecule has 0 aromatic heterocycles. The molecular weight excluding hydrogens is 2570 g/mol. The number of hydrogen-bond acceptors (Lipinski definition) is 6. The Kier molecular flexibility index (Phi) is 107. The Morgan fingerprint density at radius 1 is 0.461 bits per heavy atom. The number of nitrogens with one attached hydrogen (secondary N) is 1. The first-order valence-corrected chi connectivity index (χ1v) is 44.1. The number of alkyl halides is 6. The molecule has 0 atom stereocenters. The third kappa shape index (κ3) is 70.8. The number of benzene rings is 6. The molecule has 5 N–H and O–H groups in total. The van der Waals surface area contributed by atoms with E-state index in [1.165, 1.54) is 162 Å². The van der Waals surface area contributed by atoms with E-state index in [1.807, 2.05) is 200 Å². The summed E-state index contributed by atoms with van der Waals surface area (Å²) in [6.07, 6.45) is 1.88. The number of rotatable bonds is 14. The molecule has 0 heterocycles. The molecule has 0 aliphatic heterocycles. The van der Waals surface area contributed by atoms with Gasteiger partial charge in [-0.25, -0.2) is 0 Å². The average Bonchev–Trinajstić information content (AvgIpc) is 0.899. The molecule has 0 bridgehead atoms. The van der Waals surface area contributed by atoms with E-state index in [9.17, 15) is 26.3 Å². The van der Waals surface area contributed by atoms with Crippen LogP contribution in [0.2, 0.25) is 0 Å². The second-order valence-electron chi connectivity index (χ2n) is 16.1. The zero-order valence-electron chi connectivity index (χ0n) is 62.5. The van der Waals surface area contributed by atoms with Gasteiger partial charge in [-0.3, -0.25) is 9.11 Å². The first-order chi connectivity index (χ1) is 47.2. The molecule has 0 amide bonds. The van der Waals surface area contributed by atoms with Crippen molar-refractivity contribution in [1.82, 2.24) is 0 Å². The van der Waals surface area contributed by atoms with Crippen molar-refractivity contribution in [2.24, 2.45) is 5.73 Å². The molecule has 102 heavy (non-hydrogen) atoms. The van der Waals surface area contributed by atoms with Gasteiger partial charge in [0.25, 0.3) is 0 Å². The van der Waals surface area contributed by atoms with Crippen molar-refractivity contribution in [2.75, 3.05) is 33.9 Å². The molecule has 0 fully saturated rings. The van der Waals surface area contributed by atoms with Crippen LogP contribution in [0.4, 0.5) is 60.5 Å². The van der Waals surface area contributed by atoms with Crippen molar-refractivity contribution in [3.05, 3.63) is 211 Å². The normalized spacial score (nSPS) is 8.80. The fourth-order valence-electron chi connectivity index (χ4n) is 5.35. The summed E-state index contributed by atoms with van der Waals surface area (Å²) in [5.41, 5.74) is 15.0. The molecule has 6 aromatic carbocycles. The summed E-state index contributed by atoms with van der Waals surface area (Å²) in [5, 5.41) is 28.9. The predicted molar refractivity (Wildman–Crippen MR) is 400 cm³/mol. The SMILES string of the molecule is CC.CC.CC.CC.CC.CC.CCC.CCC#N.CC[N-]c1ccccc1[CH]=[W].CC[N-]c1ccccc1[C](C)=[W].C[C](=[W])c1ccccc1[N-]CN.C[N-]c1ccccc1[CH]=[W].C[N-]c1ccccc1[C](C)=[W].O=S(=O)(O)C(F)(F)F.O=S(=O)(O)C(F)(F)F.[Ag].[Ag].[NH-]c1ccccc1[CH]=[W]. The van der Waals surface area contributed by atoms with E-state index >= 15 is 0 Å². The molecule has 0 aliphatic rings. The number of para-hydroxylation sites is 5. The van der Waals surface area contributed by atoms with E-state index in [4.69, 9.17) is 42.7 Å². The molecule has 0 saturated carbocycles. The second-order valence-corrected chi connectivity index (χ2v) is 28.0. The average molecular weight is 2680 g/mol. The molecule has 0 saturated heterocycles. The van der Waals surface area contributed by atoms with Crippen LogP contribution >= 0.6 is 0 Å². The topological polar surface area (TPSA) is 253 Å². The molecule has 0 spiro atoms. The molecular formula is C72H108Ag2F6N8O6S2W6-6. The van der Waals surface area contributed by atoms with Gasteiger partial charge in [0.05, 0.1) is 6.07 Å². The summed E-state index contributed by atoms with van der Waals surface area (Å²) in [7, 11) is -8.03. The van der Waals surface area contributed by atoms with Crippen molar-refractivity contribution in [3.63, 3.8) is 0 Å². The van der Waals surface area contributed by atoms with E-state index < -0.39 is 31.3 Å². The summed E-state index contributed by atoms with van der Waals surface area (Å²) in [6, 6.07) is 50.5. The number of nitrogens with two attached hydrogens (primary N) is 1. The van der Waals surface area contributed by atoms with Gasteiger partial charge < -0.3 is 0 Å². The van der Waals surface area contributed by atoms with Crippen LogP contribution in [0, 0.1) is 11.3 Å². The predicted octanol–water partition coefficient (Wildman–Crippen LogP) is 22.7. The van der Waals surface area contributed by atoms with Crippen LogP contribution in [-0.4, -0.2) is 95.7 Å². The van der Waals surface area contributed by atoms with Gasteiger partial charge in [-0.15, -0.1) is 0 Å².